The van der Waals surface area contributed by atoms with Gasteiger partial charge in [-0.2, -0.15) is 0 Å². The van der Waals surface area contributed by atoms with E-state index in [2.05, 4.69) is 5.32 Å². The number of sulfonamides is 1. The minimum Gasteiger partial charge on any atom is -0.496 e. The molecule has 0 fully saturated rings. The van der Waals surface area contributed by atoms with E-state index in [1.165, 1.54) is 26.4 Å². The maximum Gasteiger partial charge on any atom is 0.343 e. The summed E-state index contributed by atoms with van der Waals surface area (Å²) in [6, 6.07) is 17.2. The van der Waals surface area contributed by atoms with Crippen LogP contribution in [0.5, 0.6) is 11.5 Å². The zero-order chi connectivity index (χ0) is 24.9. The molecular formula is C24H24N2O7S. The number of benzene rings is 3. The van der Waals surface area contributed by atoms with Gasteiger partial charge in [0.05, 0.1) is 24.8 Å². The van der Waals surface area contributed by atoms with Gasteiger partial charge >= 0.3 is 5.97 Å². The van der Waals surface area contributed by atoms with E-state index >= 15 is 0 Å². The van der Waals surface area contributed by atoms with Crippen LogP contribution in [0.2, 0.25) is 0 Å². The predicted octanol–water partition coefficient (Wildman–Crippen LogP) is 3.20. The van der Waals surface area contributed by atoms with Crippen LogP contribution in [-0.4, -0.2) is 34.5 Å². The number of primary sulfonamides is 1. The summed E-state index contributed by atoms with van der Waals surface area (Å²) >= 11 is 0. The molecule has 3 aromatic carbocycles. The van der Waals surface area contributed by atoms with Crippen LogP contribution in [0.3, 0.4) is 0 Å². The first kappa shape index (κ1) is 24.7. The van der Waals surface area contributed by atoms with E-state index in [4.69, 9.17) is 19.3 Å². The molecule has 9 nitrogen and oxygen atoms in total. The zero-order valence-electron chi connectivity index (χ0n) is 18.8. The van der Waals surface area contributed by atoms with E-state index in [-0.39, 0.29) is 16.2 Å². The monoisotopic (exact) mass is 484 g/mol. The molecule has 0 aliphatic heterocycles. The number of hydrogen-bond donors (Lipinski definition) is 2. The Balaban J connectivity index is 1.98. The summed E-state index contributed by atoms with van der Waals surface area (Å²) in [5, 5.41) is 7.92. The molecule has 1 amide bonds. The van der Waals surface area contributed by atoms with Crippen LogP contribution in [0, 0.1) is 6.92 Å². The quantitative estimate of drug-likeness (QED) is 0.469. The van der Waals surface area contributed by atoms with Gasteiger partial charge in [0.1, 0.15) is 17.1 Å². The van der Waals surface area contributed by atoms with Crippen LogP contribution in [0.4, 0.5) is 5.69 Å². The maximum atomic E-state index is 13.2. The molecule has 0 saturated heterocycles. The number of rotatable bonds is 8. The predicted molar refractivity (Wildman–Crippen MR) is 125 cm³/mol. The molecule has 3 rings (SSSR count). The molecule has 34 heavy (non-hydrogen) atoms. The number of nitrogens with two attached hydrogens (primary N) is 1. The van der Waals surface area contributed by atoms with Gasteiger partial charge in [0.15, 0.2) is 0 Å². The molecule has 3 aromatic rings. The minimum atomic E-state index is -4.09. The molecule has 0 heterocycles. The Bertz CT molecular complexity index is 1310. The van der Waals surface area contributed by atoms with E-state index in [1.807, 2.05) is 13.0 Å². The van der Waals surface area contributed by atoms with E-state index in [1.54, 1.807) is 42.5 Å². The highest BCUT2D eigenvalue weighted by atomic mass is 32.2. The Hall–Kier alpha value is -3.89. The Morgan fingerprint density at radius 1 is 0.912 bits per heavy atom. The Morgan fingerprint density at radius 3 is 2.18 bits per heavy atom. The number of aryl methyl sites for hydroxylation is 1. The van der Waals surface area contributed by atoms with Gasteiger partial charge < -0.3 is 19.5 Å². The van der Waals surface area contributed by atoms with Gasteiger partial charge in [-0.15, -0.1) is 0 Å². The first-order valence-electron chi connectivity index (χ1n) is 10.1. The van der Waals surface area contributed by atoms with Crippen molar-refractivity contribution in [3.8, 4) is 11.5 Å². The molecule has 10 heteroatoms. The van der Waals surface area contributed by atoms with E-state index < -0.39 is 28.0 Å². The number of hydrogen-bond acceptors (Lipinski definition) is 7. The van der Waals surface area contributed by atoms with Crippen molar-refractivity contribution in [2.45, 2.75) is 17.9 Å². The number of nitrogens with one attached hydrogen (secondary N) is 1. The summed E-state index contributed by atoms with van der Waals surface area (Å²) in [5.74, 6) is -1.11. The van der Waals surface area contributed by atoms with Crippen molar-refractivity contribution in [1.29, 1.82) is 0 Å². The normalized spacial score (nSPS) is 11.9. The number of methoxy groups -OCH3 is 2. The summed E-state index contributed by atoms with van der Waals surface area (Å²) in [4.78, 5) is 26.0. The van der Waals surface area contributed by atoms with Gasteiger partial charge in [0.2, 0.25) is 16.1 Å². The molecule has 1 unspecified atom stereocenters. The summed E-state index contributed by atoms with van der Waals surface area (Å²) in [5.41, 5.74) is 1.49. The van der Waals surface area contributed by atoms with Crippen LogP contribution in [0.15, 0.2) is 71.6 Å². The van der Waals surface area contributed by atoms with Gasteiger partial charge in [-0.3, -0.25) is 4.79 Å². The van der Waals surface area contributed by atoms with Crippen molar-refractivity contribution in [3.05, 3.63) is 83.4 Å². The first-order chi connectivity index (χ1) is 16.1. The maximum absolute atomic E-state index is 13.2. The molecule has 178 valence electrons. The highest BCUT2D eigenvalue weighted by Gasteiger charge is 2.28. The standard InChI is InChI=1S/C24H24N2O7S/c1-15-9-11-21(32-3)19(13-15)26-23(27)22(16-7-5-4-6-8-16)33-24(28)18-14-17(34(25,29)30)10-12-20(18)31-2/h4-14,22H,1-3H3,(H,26,27)(H2,25,29,30). The molecule has 0 aromatic heterocycles. The van der Waals surface area contributed by atoms with Gasteiger partial charge in [-0.05, 0) is 42.8 Å². The fraction of sp³-hybridized carbons (Fsp3) is 0.167. The van der Waals surface area contributed by atoms with Crippen molar-refractivity contribution in [2.24, 2.45) is 5.14 Å². The zero-order valence-corrected chi connectivity index (χ0v) is 19.6. The summed E-state index contributed by atoms with van der Waals surface area (Å²) < 4.78 is 39.6. The number of esters is 1. The highest BCUT2D eigenvalue weighted by molar-refractivity contribution is 7.89. The van der Waals surface area contributed by atoms with Crippen molar-refractivity contribution in [3.63, 3.8) is 0 Å². The topological polar surface area (TPSA) is 134 Å². The molecular weight excluding hydrogens is 460 g/mol. The molecule has 0 radical (unpaired) electrons. The van der Waals surface area contributed by atoms with Crippen LogP contribution < -0.4 is 19.9 Å². The number of ether oxygens (including phenoxy) is 3. The van der Waals surface area contributed by atoms with Crippen LogP contribution in [0.25, 0.3) is 0 Å². The summed E-state index contributed by atoms with van der Waals surface area (Å²) in [6.07, 6.45) is -1.36. The van der Waals surface area contributed by atoms with Crippen LogP contribution in [-0.2, 0) is 19.6 Å². The highest BCUT2D eigenvalue weighted by Crippen LogP contribution is 2.29. The lowest BCUT2D eigenvalue weighted by molar-refractivity contribution is -0.125. The van der Waals surface area contributed by atoms with E-state index in [0.29, 0.717) is 17.0 Å². The largest absolute Gasteiger partial charge is 0.496 e. The molecule has 1 atom stereocenters. The van der Waals surface area contributed by atoms with E-state index in [9.17, 15) is 18.0 Å². The third-order valence-electron chi connectivity index (χ3n) is 4.90. The van der Waals surface area contributed by atoms with Gasteiger partial charge in [0, 0.05) is 5.56 Å². The van der Waals surface area contributed by atoms with Crippen molar-refractivity contribution in [2.75, 3.05) is 19.5 Å². The van der Waals surface area contributed by atoms with Crippen molar-refractivity contribution >= 4 is 27.6 Å². The lowest BCUT2D eigenvalue weighted by Gasteiger charge is -2.20. The van der Waals surface area contributed by atoms with Gasteiger partial charge in [-0.1, -0.05) is 36.4 Å². The molecule has 0 aliphatic carbocycles. The smallest absolute Gasteiger partial charge is 0.343 e. The minimum absolute atomic E-state index is 0.0602. The second-order valence-corrected chi connectivity index (χ2v) is 8.86. The van der Waals surface area contributed by atoms with Crippen molar-refractivity contribution in [1.82, 2.24) is 0 Å². The molecule has 3 N–H and O–H groups in total. The van der Waals surface area contributed by atoms with Gasteiger partial charge in [0.25, 0.3) is 5.91 Å². The molecule has 0 saturated carbocycles. The van der Waals surface area contributed by atoms with Crippen molar-refractivity contribution < 1.29 is 32.2 Å². The summed E-state index contributed by atoms with van der Waals surface area (Å²) in [6.45, 7) is 1.86. The SMILES string of the molecule is COc1ccc(C)cc1NC(=O)C(OC(=O)c1cc(S(N)(=O)=O)ccc1OC)c1ccccc1. The average molecular weight is 485 g/mol. The molecule has 0 spiro atoms. The third-order valence-corrected chi connectivity index (χ3v) is 5.81. The number of amides is 1. The average Bonchev–Trinajstić information content (AvgIpc) is 2.82. The first-order valence-corrected chi connectivity index (χ1v) is 11.6. The summed E-state index contributed by atoms with van der Waals surface area (Å²) in [7, 11) is -1.30. The molecule has 0 bridgehead atoms. The number of carbonyl (C=O) groups excluding carboxylic acids is 2. The van der Waals surface area contributed by atoms with Gasteiger partial charge in [-0.25, -0.2) is 18.4 Å². The van der Waals surface area contributed by atoms with Crippen LogP contribution >= 0.6 is 0 Å². The molecule has 0 aliphatic rings. The second-order valence-electron chi connectivity index (χ2n) is 7.30. The van der Waals surface area contributed by atoms with Crippen LogP contribution in [0.1, 0.15) is 27.6 Å². The fourth-order valence-electron chi connectivity index (χ4n) is 3.21. The fourth-order valence-corrected chi connectivity index (χ4v) is 3.75. The number of carbonyl (C=O) groups is 2. The Morgan fingerprint density at radius 2 is 1.56 bits per heavy atom. The van der Waals surface area contributed by atoms with E-state index in [0.717, 1.165) is 11.6 Å². The lowest BCUT2D eigenvalue weighted by Crippen LogP contribution is -2.26. The third kappa shape index (κ3) is 5.72. The Kier molecular flexibility index (Phi) is 7.54. The second kappa shape index (κ2) is 10.4. The number of anilines is 1. The Labute approximate surface area is 197 Å². The lowest BCUT2D eigenvalue weighted by atomic mass is 10.1.